The highest BCUT2D eigenvalue weighted by Gasteiger charge is 2.60. The Morgan fingerprint density at radius 1 is 1.22 bits per heavy atom. The summed E-state index contributed by atoms with van der Waals surface area (Å²) >= 11 is 1.61. The summed E-state index contributed by atoms with van der Waals surface area (Å²) < 4.78 is 0. The van der Waals surface area contributed by atoms with Crippen molar-refractivity contribution in [3.63, 3.8) is 0 Å². The highest BCUT2D eigenvalue weighted by molar-refractivity contribution is 7.98. The van der Waals surface area contributed by atoms with E-state index in [4.69, 9.17) is 0 Å². The van der Waals surface area contributed by atoms with Gasteiger partial charge in [0.05, 0.1) is 11.8 Å². The summed E-state index contributed by atoms with van der Waals surface area (Å²) in [6, 6.07) is 6.79. The van der Waals surface area contributed by atoms with E-state index in [1.807, 2.05) is 37.4 Å². The molecule has 3 amide bonds. The van der Waals surface area contributed by atoms with Gasteiger partial charge in [0.15, 0.2) is 0 Å². The van der Waals surface area contributed by atoms with E-state index in [-0.39, 0.29) is 41.4 Å². The van der Waals surface area contributed by atoms with Gasteiger partial charge in [0.25, 0.3) is 0 Å². The fourth-order valence-corrected chi connectivity index (χ4v) is 5.25. The molecule has 27 heavy (non-hydrogen) atoms. The molecule has 3 aliphatic rings. The lowest BCUT2D eigenvalue weighted by Gasteiger charge is -2.27. The molecule has 142 valence electrons. The molecule has 1 saturated heterocycles. The van der Waals surface area contributed by atoms with Crippen LogP contribution in [0.5, 0.6) is 0 Å². The maximum Gasteiger partial charge on any atom is 0.247 e. The molecule has 1 aromatic carbocycles. The summed E-state index contributed by atoms with van der Waals surface area (Å²) in [5, 5.41) is 2.90. The maximum atomic E-state index is 13.1. The van der Waals surface area contributed by atoms with E-state index < -0.39 is 6.04 Å². The minimum Gasteiger partial charge on any atom is -0.324 e. The fraction of sp³-hybridized carbons (Fsp3) is 0.476. The molecule has 0 spiro atoms. The van der Waals surface area contributed by atoms with Crippen LogP contribution in [0.25, 0.3) is 0 Å². The second kappa shape index (κ2) is 7.15. The average molecular weight is 385 g/mol. The number of hydrogen-bond donors (Lipinski definition) is 1. The van der Waals surface area contributed by atoms with Gasteiger partial charge in [-0.15, -0.1) is 0 Å². The molecule has 5 atom stereocenters. The summed E-state index contributed by atoms with van der Waals surface area (Å²) in [5.41, 5.74) is 1.73. The third-order valence-electron chi connectivity index (χ3n) is 6.00. The normalized spacial score (nSPS) is 29.3. The standard InChI is InChI=1S/C21H24N2O3S/c1-12-4-3-5-15(10-12)22-19(24)16(8-9-27-2)23-20(25)17-13-6-7-14(11-13)18(17)21(23)26/h3-7,10,13-14,16-18H,8-9,11H2,1-2H3,(H,22,24). The molecule has 1 N–H and O–H groups in total. The van der Waals surface area contributed by atoms with Gasteiger partial charge < -0.3 is 5.32 Å². The molecule has 5 unspecified atom stereocenters. The Morgan fingerprint density at radius 3 is 2.48 bits per heavy atom. The van der Waals surface area contributed by atoms with Crippen molar-refractivity contribution in [3.8, 4) is 0 Å². The van der Waals surface area contributed by atoms with Crippen LogP contribution >= 0.6 is 11.8 Å². The highest BCUT2D eigenvalue weighted by atomic mass is 32.2. The van der Waals surface area contributed by atoms with Crippen LogP contribution in [-0.4, -0.2) is 40.7 Å². The van der Waals surface area contributed by atoms with Crippen LogP contribution in [0.1, 0.15) is 18.4 Å². The quantitative estimate of drug-likeness (QED) is 0.605. The van der Waals surface area contributed by atoms with E-state index >= 15 is 0 Å². The Kier molecular flexibility index (Phi) is 4.84. The molecule has 0 aromatic heterocycles. The molecule has 1 aliphatic heterocycles. The number of likely N-dealkylation sites (tertiary alicyclic amines) is 1. The van der Waals surface area contributed by atoms with Crippen molar-refractivity contribution in [2.75, 3.05) is 17.3 Å². The summed E-state index contributed by atoms with van der Waals surface area (Å²) in [7, 11) is 0. The number of nitrogens with zero attached hydrogens (tertiary/aromatic N) is 1. The zero-order chi connectivity index (χ0) is 19.1. The Bertz CT molecular complexity index is 791. The van der Waals surface area contributed by atoms with E-state index in [9.17, 15) is 14.4 Å². The Balaban J connectivity index is 1.58. The number of benzene rings is 1. The zero-order valence-electron chi connectivity index (χ0n) is 15.6. The molecule has 5 nitrogen and oxygen atoms in total. The topological polar surface area (TPSA) is 66.5 Å². The van der Waals surface area contributed by atoms with Gasteiger partial charge in [-0.25, -0.2) is 0 Å². The second-order valence-corrected chi connectivity index (χ2v) is 8.69. The number of anilines is 1. The predicted octanol–water partition coefficient (Wildman–Crippen LogP) is 2.86. The minimum absolute atomic E-state index is 0.155. The first-order valence-corrected chi connectivity index (χ1v) is 10.8. The van der Waals surface area contributed by atoms with Crippen LogP contribution < -0.4 is 5.32 Å². The van der Waals surface area contributed by atoms with Gasteiger partial charge in [-0.2, -0.15) is 11.8 Å². The van der Waals surface area contributed by atoms with E-state index in [2.05, 4.69) is 17.5 Å². The Morgan fingerprint density at radius 2 is 1.89 bits per heavy atom. The van der Waals surface area contributed by atoms with Gasteiger partial charge in [0.1, 0.15) is 6.04 Å². The molecular formula is C21H24N2O3S. The van der Waals surface area contributed by atoms with Crippen LogP contribution in [0.4, 0.5) is 5.69 Å². The fourth-order valence-electron chi connectivity index (χ4n) is 4.79. The number of aryl methyl sites for hydroxylation is 1. The largest absolute Gasteiger partial charge is 0.324 e. The van der Waals surface area contributed by atoms with Crippen molar-refractivity contribution in [2.24, 2.45) is 23.7 Å². The number of fused-ring (bicyclic) bond motifs is 5. The van der Waals surface area contributed by atoms with Crippen LogP contribution in [0, 0.1) is 30.6 Å². The molecule has 6 heteroatoms. The number of carbonyl (C=O) groups is 3. The van der Waals surface area contributed by atoms with Crippen molar-refractivity contribution in [3.05, 3.63) is 42.0 Å². The van der Waals surface area contributed by atoms with Gasteiger partial charge in [-0.3, -0.25) is 19.3 Å². The third-order valence-corrected chi connectivity index (χ3v) is 6.64. The monoisotopic (exact) mass is 384 g/mol. The van der Waals surface area contributed by atoms with Crippen molar-refractivity contribution in [1.82, 2.24) is 4.90 Å². The molecule has 2 aliphatic carbocycles. The van der Waals surface area contributed by atoms with Gasteiger partial charge in [0, 0.05) is 5.69 Å². The van der Waals surface area contributed by atoms with Gasteiger partial charge >= 0.3 is 0 Å². The SMILES string of the molecule is CSCCC(C(=O)Nc1cccc(C)c1)N1C(=O)C2C3C=CC(C3)C2C1=O. The first-order chi connectivity index (χ1) is 13.0. The molecule has 1 aromatic rings. The molecule has 1 saturated carbocycles. The Hall–Kier alpha value is -2.08. The number of amides is 3. The lowest BCUT2D eigenvalue weighted by Crippen LogP contribution is -2.48. The highest BCUT2D eigenvalue weighted by Crippen LogP contribution is 2.53. The van der Waals surface area contributed by atoms with E-state index in [1.165, 1.54) is 4.90 Å². The summed E-state index contributed by atoms with van der Waals surface area (Å²) in [5.74, 6) is -0.114. The number of imide groups is 1. The predicted molar refractivity (Wildman–Crippen MR) is 106 cm³/mol. The van der Waals surface area contributed by atoms with E-state index in [0.29, 0.717) is 17.9 Å². The van der Waals surface area contributed by atoms with Gasteiger partial charge in [0.2, 0.25) is 17.7 Å². The van der Waals surface area contributed by atoms with Crippen molar-refractivity contribution < 1.29 is 14.4 Å². The first-order valence-electron chi connectivity index (χ1n) is 9.43. The number of nitrogens with one attached hydrogen (secondary N) is 1. The first kappa shape index (κ1) is 18.3. The van der Waals surface area contributed by atoms with E-state index in [0.717, 1.165) is 12.0 Å². The molecular weight excluding hydrogens is 360 g/mol. The number of allylic oxidation sites excluding steroid dienone is 2. The van der Waals surface area contributed by atoms with Crippen molar-refractivity contribution in [2.45, 2.75) is 25.8 Å². The number of thioether (sulfide) groups is 1. The lowest BCUT2D eigenvalue weighted by atomic mass is 9.85. The summed E-state index contributed by atoms with van der Waals surface area (Å²) in [6.07, 6.45) is 7.47. The molecule has 2 fully saturated rings. The van der Waals surface area contributed by atoms with Crippen LogP contribution in [0.15, 0.2) is 36.4 Å². The van der Waals surface area contributed by atoms with Gasteiger partial charge in [-0.05, 0) is 61.3 Å². The van der Waals surface area contributed by atoms with Crippen molar-refractivity contribution in [1.29, 1.82) is 0 Å². The average Bonchev–Trinajstić information content (AvgIpc) is 3.31. The molecule has 1 heterocycles. The number of hydrogen-bond acceptors (Lipinski definition) is 4. The maximum absolute atomic E-state index is 13.1. The zero-order valence-corrected chi connectivity index (χ0v) is 16.4. The smallest absolute Gasteiger partial charge is 0.247 e. The lowest BCUT2D eigenvalue weighted by molar-refractivity contribution is -0.147. The summed E-state index contributed by atoms with van der Waals surface area (Å²) in [6.45, 7) is 1.96. The molecule has 2 bridgehead atoms. The number of carbonyl (C=O) groups excluding carboxylic acids is 3. The van der Waals surface area contributed by atoms with Crippen LogP contribution in [0.3, 0.4) is 0 Å². The number of rotatable bonds is 6. The van der Waals surface area contributed by atoms with Crippen LogP contribution in [-0.2, 0) is 14.4 Å². The molecule has 0 radical (unpaired) electrons. The third kappa shape index (κ3) is 3.10. The molecule has 4 rings (SSSR count). The second-order valence-electron chi connectivity index (χ2n) is 7.70. The summed E-state index contributed by atoms with van der Waals surface area (Å²) in [4.78, 5) is 40.5. The minimum atomic E-state index is -0.747. The van der Waals surface area contributed by atoms with Crippen molar-refractivity contribution >= 4 is 35.2 Å². The van der Waals surface area contributed by atoms with E-state index in [1.54, 1.807) is 11.8 Å². The Labute approximate surface area is 163 Å². The van der Waals surface area contributed by atoms with Gasteiger partial charge in [-0.1, -0.05) is 24.3 Å². The van der Waals surface area contributed by atoms with Crippen LogP contribution in [0.2, 0.25) is 0 Å².